The number of ether oxygens (including phenoxy) is 1. The second kappa shape index (κ2) is 6.50. The fraction of sp³-hybridized carbons (Fsp3) is 0.923. The summed E-state index contributed by atoms with van der Waals surface area (Å²) < 4.78 is 5.13. The van der Waals surface area contributed by atoms with Crippen molar-refractivity contribution in [2.75, 3.05) is 39.3 Å². The third-order valence-corrected chi connectivity index (χ3v) is 2.80. The Morgan fingerprint density at radius 1 is 1.22 bits per heavy atom. The summed E-state index contributed by atoms with van der Waals surface area (Å²) in [6.45, 7) is 11.9. The van der Waals surface area contributed by atoms with Gasteiger partial charge in [0.1, 0.15) is 0 Å². The second-order valence-electron chi connectivity index (χ2n) is 5.90. The van der Waals surface area contributed by atoms with Gasteiger partial charge in [-0.05, 0) is 27.7 Å². The zero-order valence-corrected chi connectivity index (χ0v) is 12.0. The number of piperazine rings is 1. The average molecular weight is 258 g/mol. The number of esters is 1. The highest BCUT2D eigenvalue weighted by Crippen LogP contribution is 2.08. The first-order valence-electron chi connectivity index (χ1n) is 6.63. The molecule has 0 bridgehead atoms. The van der Waals surface area contributed by atoms with Crippen LogP contribution in [0.1, 0.15) is 27.7 Å². The van der Waals surface area contributed by atoms with Crippen molar-refractivity contribution in [2.24, 2.45) is 0 Å². The van der Waals surface area contributed by atoms with Crippen LogP contribution < -0.4 is 0 Å². The maximum Gasteiger partial charge on any atom is 0.320 e. The predicted octanol–water partition coefficient (Wildman–Crippen LogP) is 0.327. The number of nitrogens with zero attached hydrogens (tertiary/aromatic N) is 2. The Labute approximate surface area is 110 Å². The molecule has 0 aromatic heterocycles. The highest BCUT2D eigenvalue weighted by molar-refractivity contribution is 5.71. The summed E-state index contributed by atoms with van der Waals surface area (Å²) in [5.74, 6) is -0.152. The lowest BCUT2D eigenvalue weighted by Crippen LogP contribution is -2.51. The van der Waals surface area contributed by atoms with Gasteiger partial charge in [0.2, 0.25) is 0 Å². The number of hydrogen-bond acceptors (Lipinski definition) is 5. The van der Waals surface area contributed by atoms with Gasteiger partial charge in [0.25, 0.3) is 0 Å². The smallest absolute Gasteiger partial charge is 0.320 e. The minimum atomic E-state index is -0.654. The van der Waals surface area contributed by atoms with Crippen molar-refractivity contribution >= 4 is 5.97 Å². The van der Waals surface area contributed by atoms with Gasteiger partial charge in [-0.15, -0.1) is 0 Å². The fourth-order valence-corrected chi connectivity index (χ4v) is 2.14. The maximum absolute atomic E-state index is 11.5. The van der Waals surface area contributed by atoms with Crippen LogP contribution in [0.3, 0.4) is 0 Å². The number of hydrogen-bond donors (Lipinski definition) is 1. The van der Waals surface area contributed by atoms with E-state index in [2.05, 4.69) is 9.80 Å². The van der Waals surface area contributed by atoms with Crippen molar-refractivity contribution in [3.05, 3.63) is 0 Å². The summed E-state index contributed by atoms with van der Waals surface area (Å²) in [6.07, 6.45) is -0.0472. The molecule has 0 saturated carbocycles. The number of rotatable bonds is 5. The van der Waals surface area contributed by atoms with Crippen molar-refractivity contribution < 1.29 is 14.6 Å². The molecule has 18 heavy (non-hydrogen) atoms. The van der Waals surface area contributed by atoms with Crippen LogP contribution in [0.25, 0.3) is 0 Å². The molecule has 1 heterocycles. The molecule has 106 valence electrons. The standard InChI is InChI=1S/C13H26N2O3/c1-11(2)18-12(16)9-14-5-7-15(8-6-14)10-13(3,4)17/h11,17H,5-10H2,1-4H3. The Morgan fingerprint density at radius 3 is 2.17 bits per heavy atom. The van der Waals surface area contributed by atoms with Crippen LogP contribution in [-0.4, -0.2) is 71.8 Å². The monoisotopic (exact) mass is 258 g/mol. The SMILES string of the molecule is CC(C)OC(=O)CN1CCN(CC(C)(C)O)CC1. The molecule has 1 N–H and O–H groups in total. The highest BCUT2D eigenvalue weighted by atomic mass is 16.5. The summed E-state index contributed by atoms with van der Waals surface area (Å²) in [5, 5.41) is 9.75. The molecule has 1 fully saturated rings. The van der Waals surface area contributed by atoms with Crippen molar-refractivity contribution in [1.29, 1.82) is 0 Å². The molecule has 1 aliphatic heterocycles. The Kier molecular flexibility index (Phi) is 5.56. The van der Waals surface area contributed by atoms with Crippen LogP contribution >= 0.6 is 0 Å². The fourth-order valence-electron chi connectivity index (χ4n) is 2.14. The van der Waals surface area contributed by atoms with Crippen molar-refractivity contribution in [3.63, 3.8) is 0 Å². The predicted molar refractivity (Wildman–Crippen MR) is 70.4 cm³/mol. The van der Waals surface area contributed by atoms with Crippen LogP contribution in [0.2, 0.25) is 0 Å². The maximum atomic E-state index is 11.5. The topological polar surface area (TPSA) is 53.0 Å². The van der Waals surface area contributed by atoms with E-state index >= 15 is 0 Å². The first-order chi connectivity index (χ1) is 8.26. The lowest BCUT2D eigenvalue weighted by molar-refractivity contribution is -0.149. The van der Waals surface area contributed by atoms with Gasteiger partial charge in [0.15, 0.2) is 0 Å². The van der Waals surface area contributed by atoms with Crippen molar-refractivity contribution in [2.45, 2.75) is 39.4 Å². The first kappa shape index (κ1) is 15.4. The van der Waals surface area contributed by atoms with E-state index in [0.29, 0.717) is 13.1 Å². The van der Waals surface area contributed by atoms with Crippen molar-refractivity contribution in [3.8, 4) is 0 Å². The van der Waals surface area contributed by atoms with Crippen LogP contribution in [0.15, 0.2) is 0 Å². The lowest BCUT2D eigenvalue weighted by Gasteiger charge is -2.36. The van der Waals surface area contributed by atoms with Crippen molar-refractivity contribution in [1.82, 2.24) is 9.80 Å². The van der Waals surface area contributed by atoms with E-state index in [1.165, 1.54) is 0 Å². The van der Waals surface area contributed by atoms with E-state index in [-0.39, 0.29) is 12.1 Å². The molecule has 0 amide bonds. The van der Waals surface area contributed by atoms with Gasteiger partial charge in [-0.1, -0.05) is 0 Å². The van der Waals surface area contributed by atoms with E-state index in [9.17, 15) is 9.90 Å². The Morgan fingerprint density at radius 2 is 1.72 bits per heavy atom. The van der Waals surface area contributed by atoms with E-state index in [1.54, 1.807) is 0 Å². The summed E-state index contributed by atoms with van der Waals surface area (Å²) in [7, 11) is 0. The van der Waals surface area contributed by atoms with Gasteiger partial charge in [-0.2, -0.15) is 0 Å². The molecule has 0 unspecified atom stereocenters. The summed E-state index contributed by atoms with van der Waals surface area (Å²) in [4.78, 5) is 15.8. The van der Waals surface area contributed by atoms with Crippen LogP contribution in [0, 0.1) is 0 Å². The molecule has 0 aliphatic carbocycles. The molecule has 0 aromatic carbocycles. The normalized spacial score (nSPS) is 19.2. The van der Waals surface area contributed by atoms with E-state index in [1.807, 2.05) is 27.7 Å². The van der Waals surface area contributed by atoms with E-state index < -0.39 is 5.60 Å². The Hall–Kier alpha value is -0.650. The summed E-state index contributed by atoms with van der Waals surface area (Å²) in [5.41, 5.74) is -0.654. The Bertz CT molecular complexity index is 266. The van der Waals surface area contributed by atoms with Gasteiger partial charge in [0, 0.05) is 32.7 Å². The number of aliphatic hydroxyl groups is 1. The van der Waals surface area contributed by atoms with Gasteiger partial charge in [0.05, 0.1) is 18.2 Å². The zero-order chi connectivity index (χ0) is 13.8. The molecule has 1 saturated heterocycles. The van der Waals surface area contributed by atoms with E-state index in [0.717, 1.165) is 26.2 Å². The molecule has 5 heteroatoms. The molecule has 0 spiro atoms. The largest absolute Gasteiger partial charge is 0.462 e. The zero-order valence-electron chi connectivity index (χ0n) is 12.0. The molecule has 5 nitrogen and oxygen atoms in total. The van der Waals surface area contributed by atoms with Crippen LogP contribution in [0.5, 0.6) is 0 Å². The third-order valence-electron chi connectivity index (χ3n) is 2.80. The number of carbonyl (C=O) groups is 1. The first-order valence-corrected chi connectivity index (χ1v) is 6.63. The molecule has 1 rings (SSSR count). The molecule has 0 atom stereocenters. The van der Waals surface area contributed by atoms with E-state index in [4.69, 9.17) is 4.74 Å². The quantitative estimate of drug-likeness (QED) is 0.720. The van der Waals surface area contributed by atoms with Gasteiger partial charge in [-0.3, -0.25) is 14.6 Å². The molecule has 1 aliphatic rings. The summed E-state index contributed by atoms with van der Waals surface area (Å²) >= 11 is 0. The molecule has 0 aromatic rings. The molecular formula is C13H26N2O3. The van der Waals surface area contributed by atoms with Crippen LogP contribution in [0.4, 0.5) is 0 Å². The highest BCUT2D eigenvalue weighted by Gasteiger charge is 2.23. The van der Waals surface area contributed by atoms with Gasteiger partial charge < -0.3 is 9.84 Å². The minimum absolute atomic E-state index is 0.0472. The lowest BCUT2D eigenvalue weighted by atomic mass is 10.1. The molecular weight excluding hydrogens is 232 g/mol. The summed E-state index contributed by atoms with van der Waals surface area (Å²) in [6, 6.07) is 0. The average Bonchev–Trinajstić information content (AvgIpc) is 2.17. The van der Waals surface area contributed by atoms with Crippen LogP contribution in [-0.2, 0) is 9.53 Å². The molecule has 0 radical (unpaired) electrons. The Balaban J connectivity index is 2.25. The number of β-amino-alcohol motifs (C(OH)–C–C–N with tert-alkyl or cyclic N) is 1. The van der Waals surface area contributed by atoms with Gasteiger partial charge in [-0.25, -0.2) is 0 Å². The van der Waals surface area contributed by atoms with Gasteiger partial charge >= 0.3 is 5.97 Å². The second-order valence-corrected chi connectivity index (χ2v) is 5.90. The number of carbonyl (C=O) groups excluding carboxylic acids is 1. The third kappa shape index (κ3) is 6.33. The minimum Gasteiger partial charge on any atom is -0.462 e.